The van der Waals surface area contributed by atoms with Gasteiger partial charge in [-0.15, -0.1) is 0 Å². The third-order valence-corrected chi connectivity index (χ3v) is 3.37. The molecule has 0 saturated heterocycles. The second kappa shape index (κ2) is 3.51. The summed E-state index contributed by atoms with van der Waals surface area (Å²) in [5, 5.41) is 2.70. The average Bonchev–Trinajstić information content (AvgIpc) is 2.30. The van der Waals surface area contributed by atoms with E-state index < -0.39 is 0 Å². The molecular weight excluding hydrogens is 196 g/mol. The molecule has 1 aliphatic heterocycles. The van der Waals surface area contributed by atoms with Crippen LogP contribution in [-0.2, 0) is 6.42 Å². The first-order valence-corrected chi connectivity index (χ1v) is 5.94. The van der Waals surface area contributed by atoms with E-state index in [9.17, 15) is 0 Å². The fourth-order valence-electron chi connectivity index (χ4n) is 2.57. The second-order valence-electron chi connectivity index (χ2n) is 4.75. The van der Waals surface area contributed by atoms with Gasteiger partial charge in [-0.2, -0.15) is 0 Å². The molecule has 0 bridgehead atoms. The summed E-state index contributed by atoms with van der Waals surface area (Å²) in [4.78, 5) is 0. The Kier molecular flexibility index (Phi) is 2.13. The maximum atomic E-state index is 5.73. The summed E-state index contributed by atoms with van der Waals surface area (Å²) >= 11 is 0. The second-order valence-corrected chi connectivity index (χ2v) is 4.75. The molecule has 2 aromatic carbocycles. The lowest BCUT2D eigenvalue weighted by molar-refractivity contribution is 0.318. The molecular formula is C15H16O. The molecule has 82 valence electrons. The van der Waals surface area contributed by atoms with E-state index in [0.29, 0.717) is 5.92 Å². The van der Waals surface area contributed by atoms with Gasteiger partial charge in [0, 0.05) is 11.8 Å². The van der Waals surface area contributed by atoms with E-state index in [4.69, 9.17) is 4.74 Å². The highest BCUT2D eigenvalue weighted by Crippen LogP contribution is 2.36. The molecule has 1 aliphatic rings. The minimum atomic E-state index is 0.561. The van der Waals surface area contributed by atoms with Gasteiger partial charge in [0.2, 0.25) is 0 Å². The van der Waals surface area contributed by atoms with E-state index >= 15 is 0 Å². The summed E-state index contributed by atoms with van der Waals surface area (Å²) < 4.78 is 5.73. The quantitative estimate of drug-likeness (QED) is 0.696. The van der Waals surface area contributed by atoms with Crippen molar-refractivity contribution >= 4 is 10.8 Å². The Bertz CT molecular complexity index is 530. The standard InChI is InChI=1S/C15H16O/c1-10(2)12-6-7-14-15-11(8-9-16-14)4-3-5-13(12)15/h3-7,10H,8-9H2,1-2H3. The maximum Gasteiger partial charge on any atom is 0.127 e. The third kappa shape index (κ3) is 1.31. The molecule has 0 aromatic heterocycles. The lowest BCUT2D eigenvalue weighted by atomic mass is 9.91. The van der Waals surface area contributed by atoms with Crippen LogP contribution in [0.25, 0.3) is 10.8 Å². The molecule has 0 fully saturated rings. The Balaban J connectivity index is 2.40. The number of rotatable bonds is 1. The van der Waals surface area contributed by atoms with Crippen LogP contribution in [0, 0.1) is 0 Å². The maximum absolute atomic E-state index is 5.73. The molecule has 0 N–H and O–H groups in total. The topological polar surface area (TPSA) is 9.23 Å². The van der Waals surface area contributed by atoms with Crippen molar-refractivity contribution in [2.24, 2.45) is 0 Å². The highest BCUT2D eigenvalue weighted by molar-refractivity contribution is 5.94. The van der Waals surface area contributed by atoms with E-state index in [1.165, 1.54) is 21.9 Å². The van der Waals surface area contributed by atoms with Gasteiger partial charge >= 0.3 is 0 Å². The van der Waals surface area contributed by atoms with Crippen molar-refractivity contribution in [1.29, 1.82) is 0 Å². The van der Waals surface area contributed by atoms with E-state index in [1.54, 1.807) is 0 Å². The molecule has 0 amide bonds. The first kappa shape index (κ1) is 9.71. The predicted octanol–water partition coefficient (Wildman–Crippen LogP) is 3.90. The first-order valence-electron chi connectivity index (χ1n) is 5.94. The number of benzene rings is 2. The van der Waals surface area contributed by atoms with Gasteiger partial charge in [-0.1, -0.05) is 38.1 Å². The number of ether oxygens (including phenoxy) is 1. The Hall–Kier alpha value is -1.50. The molecule has 3 rings (SSSR count). The molecule has 0 saturated carbocycles. The Morgan fingerprint density at radius 2 is 2.00 bits per heavy atom. The monoisotopic (exact) mass is 212 g/mol. The Morgan fingerprint density at radius 3 is 2.81 bits per heavy atom. The molecule has 0 unspecified atom stereocenters. The summed E-state index contributed by atoms with van der Waals surface area (Å²) in [6.07, 6.45) is 1.03. The minimum Gasteiger partial charge on any atom is -0.493 e. The van der Waals surface area contributed by atoms with Crippen molar-refractivity contribution in [3.63, 3.8) is 0 Å². The Labute approximate surface area is 96.0 Å². The lowest BCUT2D eigenvalue weighted by Gasteiger charge is -2.21. The number of hydrogen-bond donors (Lipinski definition) is 0. The highest BCUT2D eigenvalue weighted by atomic mass is 16.5. The predicted molar refractivity (Wildman–Crippen MR) is 67.2 cm³/mol. The average molecular weight is 212 g/mol. The Morgan fingerprint density at radius 1 is 1.12 bits per heavy atom. The van der Waals surface area contributed by atoms with Crippen LogP contribution >= 0.6 is 0 Å². The van der Waals surface area contributed by atoms with Gasteiger partial charge < -0.3 is 4.74 Å². The van der Waals surface area contributed by atoms with Crippen LogP contribution in [0.1, 0.15) is 30.9 Å². The summed E-state index contributed by atoms with van der Waals surface area (Å²) in [5.74, 6) is 1.62. The van der Waals surface area contributed by atoms with E-state index in [0.717, 1.165) is 18.8 Å². The van der Waals surface area contributed by atoms with Crippen molar-refractivity contribution in [3.05, 3.63) is 41.5 Å². The largest absolute Gasteiger partial charge is 0.493 e. The van der Waals surface area contributed by atoms with Gasteiger partial charge in [-0.05, 0) is 28.5 Å². The van der Waals surface area contributed by atoms with Crippen molar-refractivity contribution in [2.45, 2.75) is 26.2 Å². The zero-order chi connectivity index (χ0) is 11.1. The zero-order valence-corrected chi connectivity index (χ0v) is 9.79. The van der Waals surface area contributed by atoms with Gasteiger partial charge in [0.25, 0.3) is 0 Å². The molecule has 0 spiro atoms. The first-order chi connectivity index (χ1) is 7.77. The van der Waals surface area contributed by atoms with Crippen molar-refractivity contribution < 1.29 is 4.74 Å². The molecule has 0 atom stereocenters. The van der Waals surface area contributed by atoms with Crippen molar-refractivity contribution in [3.8, 4) is 5.75 Å². The lowest BCUT2D eigenvalue weighted by Crippen LogP contribution is -2.09. The molecule has 1 heterocycles. The van der Waals surface area contributed by atoms with Crippen LogP contribution in [0.3, 0.4) is 0 Å². The fraction of sp³-hybridized carbons (Fsp3) is 0.333. The third-order valence-electron chi connectivity index (χ3n) is 3.37. The fourth-order valence-corrected chi connectivity index (χ4v) is 2.57. The number of hydrogen-bond acceptors (Lipinski definition) is 1. The van der Waals surface area contributed by atoms with Gasteiger partial charge in [0.15, 0.2) is 0 Å². The van der Waals surface area contributed by atoms with Crippen LogP contribution in [0.4, 0.5) is 0 Å². The molecule has 0 radical (unpaired) electrons. The smallest absolute Gasteiger partial charge is 0.127 e. The van der Waals surface area contributed by atoms with E-state index in [-0.39, 0.29) is 0 Å². The van der Waals surface area contributed by atoms with Crippen LogP contribution in [-0.4, -0.2) is 6.61 Å². The molecule has 1 heteroatoms. The van der Waals surface area contributed by atoms with Crippen molar-refractivity contribution in [2.75, 3.05) is 6.61 Å². The summed E-state index contributed by atoms with van der Waals surface area (Å²) in [6, 6.07) is 10.9. The minimum absolute atomic E-state index is 0.561. The normalized spacial score (nSPS) is 14.2. The van der Waals surface area contributed by atoms with Crippen LogP contribution in [0.2, 0.25) is 0 Å². The van der Waals surface area contributed by atoms with Crippen LogP contribution < -0.4 is 4.74 Å². The molecule has 1 nitrogen and oxygen atoms in total. The highest BCUT2D eigenvalue weighted by Gasteiger charge is 2.15. The molecule has 2 aromatic rings. The SMILES string of the molecule is CC(C)c1ccc2c3c(cccc13)CCO2. The van der Waals surface area contributed by atoms with Gasteiger partial charge in [0.1, 0.15) is 5.75 Å². The van der Waals surface area contributed by atoms with Gasteiger partial charge in [-0.25, -0.2) is 0 Å². The van der Waals surface area contributed by atoms with Crippen LogP contribution in [0.5, 0.6) is 5.75 Å². The van der Waals surface area contributed by atoms with E-state index in [2.05, 4.69) is 44.2 Å². The van der Waals surface area contributed by atoms with Crippen molar-refractivity contribution in [1.82, 2.24) is 0 Å². The van der Waals surface area contributed by atoms with Gasteiger partial charge in [0.05, 0.1) is 6.61 Å². The summed E-state index contributed by atoms with van der Waals surface area (Å²) in [7, 11) is 0. The zero-order valence-electron chi connectivity index (χ0n) is 9.79. The summed E-state index contributed by atoms with van der Waals surface area (Å²) in [6.45, 7) is 5.30. The molecule has 0 aliphatic carbocycles. The summed E-state index contributed by atoms with van der Waals surface area (Å²) in [5.41, 5.74) is 2.85. The van der Waals surface area contributed by atoms with Gasteiger partial charge in [-0.3, -0.25) is 0 Å². The van der Waals surface area contributed by atoms with Crippen LogP contribution in [0.15, 0.2) is 30.3 Å². The van der Waals surface area contributed by atoms with E-state index in [1.807, 2.05) is 0 Å². The molecule has 16 heavy (non-hydrogen) atoms.